The molecule has 6 heteroatoms. The SMILES string of the molecule is O=C(Nc1ccc(F)cc1)[C@H](c1ccccc1)N1CCN(CCCO)CC1. The Bertz CT molecular complexity index is 716. The second-order valence-electron chi connectivity index (χ2n) is 6.76. The van der Waals surface area contributed by atoms with Gasteiger partial charge in [0.1, 0.15) is 11.9 Å². The second-order valence-corrected chi connectivity index (χ2v) is 6.76. The van der Waals surface area contributed by atoms with Crippen LogP contribution in [0.4, 0.5) is 10.1 Å². The molecule has 1 heterocycles. The molecule has 1 amide bonds. The molecule has 0 unspecified atom stereocenters. The van der Waals surface area contributed by atoms with E-state index in [0.29, 0.717) is 5.69 Å². The summed E-state index contributed by atoms with van der Waals surface area (Å²) in [6.07, 6.45) is 0.771. The maximum Gasteiger partial charge on any atom is 0.246 e. The second kappa shape index (κ2) is 9.60. The fourth-order valence-corrected chi connectivity index (χ4v) is 3.45. The molecule has 27 heavy (non-hydrogen) atoms. The van der Waals surface area contributed by atoms with Gasteiger partial charge in [-0.3, -0.25) is 9.69 Å². The fourth-order valence-electron chi connectivity index (χ4n) is 3.45. The molecule has 0 saturated carbocycles. The summed E-state index contributed by atoms with van der Waals surface area (Å²) in [6.45, 7) is 4.37. The lowest BCUT2D eigenvalue weighted by molar-refractivity contribution is -0.122. The van der Waals surface area contributed by atoms with E-state index in [1.807, 2.05) is 30.3 Å². The molecular formula is C21H26FN3O2. The van der Waals surface area contributed by atoms with E-state index in [1.54, 1.807) is 12.1 Å². The van der Waals surface area contributed by atoms with Crippen molar-refractivity contribution in [2.75, 3.05) is 44.6 Å². The molecule has 1 atom stereocenters. The minimum absolute atomic E-state index is 0.114. The van der Waals surface area contributed by atoms with Gasteiger partial charge in [0.2, 0.25) is 5.91 Å². The van der Waals surface area contributed by atoms with Gasteiger partial charge in [0.05, 0.1) is 0 Å². The molecule has 3 rings (SSSR count). The van der Waals surface area contributed by atoms with Crippen LogP contribution in [-0.4, -0.2) is 60.1 Å². The van der Waals surface area contributed by atoms with Crippen LogP contribution in [0.1, 0.15) is 18.0 Å². The lowest BCUT2D eigenvalue weighted by Gasteiger charge is -2.38. The molecule has 2 aromatic rings. The van der Waals surface area contributed by atoms with Gasteiger partial charge in [-0.15, -0.1) is 0 Å². The van der Waals surface area contributed by atoms with Crippen LogP contribution in [0.3, 0.4) is 0 Å². The van der Waals surface area contributed by atoms with Crippen molar-refractivity contribution in [3.8, 4) is 0 Å². The summed E-state index contributed by atoms with van der Waals surface area (Å²) in [6, 6.07) is 15.2. The summed E-state index contributed by atoms with van der Waals surface area (Å²) in [5, 5.41) is 11.9. The number of piperazine rings is 1. The zero-order valence-corrected chi connectivity index (χ0v) is 15.4. The van der Waals surface area contributed by atoms with Crippen LogP contribution in [0.15, 0.2) is 54.6 Å². The van der Waals surface area contributed by atoms with E-state index >= 15 is 0 Å². The first-order chi connectivity index (χ1) is 13.2. The molecule has 1 aliphatic rings. The summed E-state index contributed by atoms with van der Waals surface area (Å²) in [7, 11) is 0. The highest BCUT2D eigenvalue weighted by atomic mass is 19.1. The number of carbonyl (C=O) groups is 1. The predicted molar refractivity (Wildman–Crippen MR) is 104 cm³/mol. The van der Waals surface area contributed by atoms with Crippen LogP contribution in [0.25, 0.3) is 0 Å². The van der Waals surface area contributed by atoms with Crippen molar-refractivity contribution >= 4 is 11.6 Å². The highest BCUT2D eigenvalue weighted by Gasteiger charge is 2.30. The van der Waals surface area contributed by atoms with E-state index in [0.717, 1.165) is 44.7 Å². The molecule has 0 aromatic heterocycles. The van der Waals surface area contributed by atoms with Gasteiger partial charge in [-0.05, 0) is 36.2 Å². The molecule has 0 aliphatic carbocycles. The van der Waals surface area contributed by atoms with Crippen molar-refractivity contribution in [1.82, 2.24) is 9.80 Å². The molecule has 1 saturated heterocycles. The van der Waals surface area contributed by atoms with Crippen molar-refractivity contribution < 1.29 is 14.3 Å². The van der Waals surface area contributed by atoms with Crippen LogP contribution in [0.2, 0.25) is 0 Å². The topological polar surface area (TPSA) is 55.8 Å². The fraction of sp³-hybridized carbons (Fsp3) is 0.381. The summed E-state index contributed by atoms with van der Waals surface area (Å²) in [5.74, 6) is -0.441. The minimum Gasteiger partial charge on any atom is -0.396 e. The number of hydrogen-bond donors (Lipinski definition) is 2. The monoisotopic (exact) mass is 371 g/mol. The lowest BCUT2D eigenvalue weighted by Crippen LogP contribution is -2.50. The Morgan fingerprint density at radius 3 is 2.33 bits per heavy atom. The zero-order valence-electron chi connectivity index (χ0n) is 15.4. The number of halogens is 1. The van der Waals surface area contributed by atoms with E-state index in [4.69, 9.17) is 5.11 Å². The Labute approximate surface area is 159 Å². The number of aliphatic hydroxyl groups excluding tert-OH is 1. The molecule has 144 valence electrons. The number of nitrogens with zero attached hydrogens (tertiary/aromatic N) is 2. The highest BCUT2D eigenvalue weighted by molar-refractivity contribution is 5.95. The van der Waals surface area contributed by atoms with Gasteiger partial charge < -0.3 is 15.3 Å². The van der Waals surface area contributed by atoms with Crippen molar-refractivity contribution in [2.24, 2.45) is 0 Å². The third-order valence-corrected chi connectivity index (χ3v) is 4.88. The summed E-state index contributed by atoms with van der Waals surface area (Å²) in [4.78, 5) is 17.6. The molecule has 5 nitrogen and oxygen atoms in total. The Morgan fingerprint density at radius 1 is 1.04 bits per heavy atom. The van der Waals surface area contributed by atoms with E-state index in [-0.39, 0.29) is 18.3 Å². The molecule has 0 radical (unpaired) electrons. The van der Waals surface area contributed by atoms with Gasteiger partial charge in [0, 0.05) is 45.0 Å². The molecule has 2 N–H and O–H groups in total. The average molecular weight is 371 g/mol. The third-order valence-electron chi connectivity index (χ3n) is 4.88. The van der Waals surface area contributed by atoms with Crippen molar-refractivity contribution in [3.05, 3.63) is 66.0 Å². The van der Waals surface area contributed by atoms with E-state index in [2.05, 4.69) is 15.1 Å². The van der Waals surface area contributed by atoms with Crippen LogP contribution in [0.5, 0.6) is 0 Å². The Hall–Kier alpha value is -2.28. The van der Waals surface area contributed by atoms with E-state index < -0.39 is 6.04 Å². The standard InChI is InChI=1S/C21H26FN3O2/c22-18-7-9-19(10-8-18)23-21(27)20(17-5-2-1-3-6-17)25-14-12-24(13-15-25)11-4-16-26/h1-3,5-10,20,26H,4,11-16H2,(H,23,27)/t20-/m0/s1. The Morgan fingerprint density at radius 2 is 1.70 bits per heavy atom. The maximum absolute atomic E-state index is 13.1. The van der Waals surface area contributed by atoms with Crippen molar-refractivity contribution in [1.29, 1.82) is 0 Å². The quantitative estimate of drug-likeness (QED) is 0.785. The van der Waals surface area contributed by atoms with Gasteiger partial charge in [-0.2, -0.15) is 0 Å². The summed E-state index contributed by atoms with van der Waals surface area (Å²) in [5.41, 5.74) is 1.53. The number of nitrogens with one attached hydrogen (secondary N) is 1. The number of hydrogen-bond acceptors (Lipinski definition) is 4. The van der Waals surface area contributed by atoms with Crippen molar-refractivity contribution in [2.45, 2.75) is 12.5 Å². The van der Waals surface area contributed by atoms with E-state index in [9.17, 15) is 9.18 Å². The lowest BCUT2D eigenvalue weighted by atomic mass is 10.0. The normalized spacial score (nSPS) is 16.8. The van der Waals surface area contributed by atoms with Crippen molar-refractivity contribution in [3.63, 3.8) is 0 Å². The Balaban J connectivity index is 1.72. The third kappa shape index (κ3) is 5.35. The molecule has 1 fully saturated rings. The number of benzene rings is 2. The van der Waals surface area contributed by atoms with E-state index in [1.165, 1.54) is 12.1 Å². The summed E-state index contributed by atoms with van der Waals surface area (Å²) >= 11 is 0. The van der Waals surface area contributed by atoms with Gasteiger partial charge in [-0.25, -0.2) is 4.39 Å². The first kappa shape index (κ1) is 19.5. The molecule has 1 aliphatic heterocycles. The molecule has 0 bridgehead atoms. The first-order valence-electron chi connectivity index (χ1n) is 9.36. The van der Waals surface area contributed by atoms with Crippen LogP contribution in [-0.2, 0) is 4.79 Å². The number of amides is 1. The molecule has 2 aromatic carbocycles. The number of aliphatic hydroxyl groups is 1. The minimum atomic E-state index is -0.392. The maximum atomic E-state index is 13.1. The van der Waals surface area contributed by atoms with Gasteiger partial charge in [0.15, 0.2) is 0 Å². The smallest absolute Gasteiger partial charge is 0.246 e. The van der Waals surface area contributed by atoms with Gasteiger partial charge in [-0.1, -0.05) is 30.3 Å². The molecular weight excluding hydrogens is 345 g/mol. The number of rotatable bonds is 7. The van der Waals surface area contributed by atoms with Gasteiger partial charge in [0.25, 0.3) is 0 Å². The number of carbonyl (C=O) groups excluding carboxylic acids is 1. The average Bonchev–Trinajstić information content (AvgIpc) is 2.70. The van der Waals surface area contributed by atoms with Crippen LogP contribution >= 0.6 is 0 Å². The zero-order chi connectivity index (χ0) is 19.1. The first-order valence-corrected chi connectivity index (χ1v) is 9.36. The highest BCUT2D eigenvalue weighted by Crippen LogP contribution is 2.24. The Kier molecular flexibility index (Phi) is 6.92. The van der Waals surface area contributed by atoms with Gasteiger partial charge >= 0.3 is 0 Å². The van der Waals surface area contributed by atoms with Crippen LogP contribution in [0, 0.1) is 5.82 Å². The number of anilines is 1. The summed E-state index contributed by atoms with van der Waals surface area (Å²) < 4.78 is 13.1. The predicted octanol–water partition coefficient (Wildman–Crippen LogP) is 2.51. The van der Waals surface area contributed by atoms with Crippen LogP contribution < -0.4 is 5.32 Å². The largest absolute Gasteiger partial charge is 0.396 e. The molecule has 0 spiro atoms.